The second-order valence-corrected chi connectivity index (χ2v) is 4.29. The maximum atomic E-state index is 13.3. The third-order valence-electron chi connectivity index (χ3n) is 3.05. The molecule has 0 fully saturated rings. The van der Waals surface area contributed by atoms with Crippen LogP contribution in [0.15, 0.2) is 48.8 Å². The number of ether oxygens (including phenoxy) is 1. The van der Waals surface area contributed by atoms with E-state index >= 15 is 0 Å². The molecular weight excluding hydrogens is 259 g/mol. The minimum Gasteiger partial charge on any atom is -0.465 e. The Morgan fingerprint density at radius 3 is 2.90 bits per heavy atom. The fraction of sp³-hybridized carbons (Fsp3) is 0.0667. The predicted octanol–water partition coefficient (Wildman–Crippen LogP) is 2.95. The number of carbonyl (C=O) groups excluding carboxylic acids is 1. The number of pyridine rings is 1. The Morgan fingerprint density at radius 2 is 2.15 bits per heavy atom. The molecule has 0 saturated heterocycles. The van der Waals surface area contributed by atoms with Gasteiger partial charge < -0.3 is 9.30 Å². The Kier molecular flexibility index (Phi) is 2.95. The first-order valence-electron chi connectivity index (χ1n) is 6.00. The van der Waals surface area contributed by atoms with Gasteiger partial charge in [0.25, 0.3) is 0 Å². The van der Waals surface area contributed by atoms with E-state index in [0.717, 1.165) is 11.0 Å². The Hall–Kier alpha value is -2.69. The Balaban J connectivity index is 2.19. The molecule has 0 radical (unpaired) electrons. The molecule has 0 aliphatic rings. The number of aromatic nitrogens is 2. The van der Waals surface area contributed by atoms with E-state index in [9.17, 15) is 9.18 Å². The van der Waals surface area contributed by atoms with E-state index in [2.05, 4.69) is 9.72 Å². The fourth-order valence-corrected chi connectivity index (χ4v) is 2.09. The van der Waals surface area contributed by atoms with Crippen LogP contribution >= 0.6 is 0 Å². The number of benzene rings is 1. The Morgan fingerprint density at radius 1 is 1.30 bits per heavy atom. The molecule has 2 aromatic heterocycles. The maximum Gasteiger partial charge on any atom is 0.339 e. The summed E-state index contributed by atoms with van der Waals surface area (Å²) < 4.78 is 19.8. The molecule has 0 aliphatic carbocycles. The highest BCUT2D eigenvalue weighted by atomic mass is 19.1. The van der Waals surface area contributed by atoms with Gasteiger partial charge in [0.15, 0.2) is 0 Å². The zero-order valence-corrected chi connectivity index (χ0v) is 10.7. The van der Waals surface area contributed by atoms with E-state index in [1.165, 1.54) is 25.4 Å². The van der Waals surface area contributed by atoms with E-state index in [0.29, 0.717) is 11.3 Å². The summed E-state index contributed by atoms with van der Waals surface area (Å²) in [5, 5.41) is 0. The standard InChI is InChI=1S/C15H11FN2O2/c1-20-15(19)10-7-14-13(17-9-10)5-6-18(14)12-4-2-3-11(16)8-12/h2-9H,1H3. The predicted molar refractivity (Wildman–Crippen MR) is 72.4 cm³/mol. The molecule has 3 aromatic rings. The molecule has 0 unspecified atom stereocenters. The molecule has 0 amide bonds. The first-order valence-corrected chi connectivity index (χ1v) is 6.00. The number of hydrogen-bond donors (Lipinski definition) is 0. The molecule has 1 aromatic carbocycles. The van der Waals surface area contributed by atoms with Gasteiger partial charge in [-0.3, -0.25) is 4.98 Å². The van der Waals surface area contributed by atoms with Crippen LogP contribution in [0, 0.1) is 5.82 Å². The lowest BCUT2D eigenvalue weighted by Crippen LogP contribution is -2.02. The highest BCUT2D eigenvalue weighted by molar-refractivity contribution is 5.93. The second kappa shape index (κ2) is 4.77. The van der Waals surface area contributed by atoms with Crippen molar-refractivity contribution < 1.29 is 13.9 Å². The minimum atomic E-state index is -0.452. The van der Waals surface area contributed by atoms with Crippen LogP contribution in [0.2, 0.25) is 0 Å². The quantitative estimate of drug-likeness (QED) is 0.672. The van der Waals surface area contributed by atoms with Gasteiger partial charge in [0, 0.05) is 18.1 Å². The molecule has 0 saturated carbocycles. The van der Waals surface area contributed by atoms with Crippen LogP contribution < -0.4 is 0 Å². The molecule has 100 valence electrons. The molecular formula is C15H11FN2O2. The van der Waals surface area contributed by atoms with E-state index in [4.69, 9.17) is 0 Å². The third kappa shape index (κ3) is 2.03. The van der Waals surface area contributed by atoms with Crippen LogP contribution in [0.1, 0.15) is 10.4 Å². The number of halogens is 1. The highest BCUT2D eigenvalue weighted by Crippen LogP contribution is 2.20. The lowest BCUT2D eigenvalue weighted by molar-refractivity contribution is 0.0600. The van der Waals surface area contributed by atoms with Gasteiger partial charge in [0.1, 0.15) is 5.82 Å². The van der Waals surface area contributed by atoms with Crippen molar-refractivity contribution >= 4 is 17.0 Å². The highest BCUT2D eigenvalue weighted by Gasteiger charge is 2.10. The average molecular weight is 270 g/mol. The van der Waals surface area contributed by atoms with Crippen LogP contribution in [0.3, 0.4) is 0 Å². The van der Waals surface area contributed by atoms with Crippen molar-refractivity contribution in [1.82, 2.24) is 9.55 Å². The molecule has 2 heterocycles. The van der Waals surface area contributed by atoms with E-state index in [1.54, 1.807) is 35.0 Å². The number of methoxy groups -OCH3 is 1. The lowest BCUT2D eigenvalue weighted by Gasteiger charge is -2.06. The summed E-state index contributed by atoms with van der Waals surface area (Å²) >= 11 is 0. The van der Waals surface area contributed by atoms with E-state index < -0.39 is 5.97 Å². The molecule has 0 bridgehead atoms. The average Bonchev–Trinajstić information content (AvgIpc) is 2.89. The van der Waals surface area contributed by atoms with Crippen LogP contribution in [-0.2, 0) is 4.74 Å². The number of carbonyl (C=O) groups is 1. The molecule has 4 nitrogen and oxygen atoms in total. The summed E-state index contributed by atoms with van der Waals surface area (Å²) in [6.07, 6.45) is 3.25. The Bertz CT molecular complexity index is 795. The third-order valence-corrected chi connectivity index (χ3v) is 3.05. The van der Waals surface area contributed by atoms with Gasteiger partial charge in [-0.2, -0.15) is 0 Å². The first kappa shape index (κ1) is 12.3. The topological polar surface area (TPSA) is 44.1 Å². The van der Waals surface area contributed by atoms with Crippen LogP contribution in [0.4, 0.5) is 4.39 Å². The van der Waals surface area contributed by atoms with Gasteiger partial charge in [0.2, 0.25) is 0 Å². The van der Waals surface area contributed by atoms with Crippen LogP contribution in [-0.4, -0.2) is 22.6 Å². The van der Waals surface area contributed by atoms with Crippen molar-refractivity contribution in [1.29, 1.82) is 0 Å². The monoisotopic (exact) mass is 270 g/mol. The van der Waals surface area contributed by atoms with Crippen molar-refractivity contribution in [3.8, 4) is 5.69 Å². The van der Waals surface area contributed by atoms with Gasteiger partial charge in [-0.25, -0.2) is 9.18 Å². The van der Waals surface area contributed by atoms with Gasteiger partial charge in [-0.05, 0) is 30.3 Å². The maximum absolute atomic E-state index is 13.3. The van der Waals surface area contributed by atoms with Crippen molar-refractivity contribution in [2.45, 2.75) is 0 Å². The summed E-state index contributed by atoms with van der Waals surface area (Å²) in [5.74, 6) is -0.771. The summed E-state index contributed by atoms with van der Waals surface area (Å²) in [7, 11) is 1.32. The van der Waals surface area contributed by atoms with Crippen molar-refractivity contribution in [3.05, 3.63) is 60.2 Å². The SMILES string of the molecule is COC(=O)c1cnc2ccn(-c3cccc(F)c3)c2c1. The number of hydrogen-bond acceptors (Lipinski definition) is 3. The summed E-state index contributed by atoms with van der Waals surface area (Å²) in [5.41, 5.74) is 2.47. The molecule has 20 heavy (non-hydrogen) atoms. The lowest BCUT2D eigenvalue weighted by atomic mass is 10.2. The van der Waals surface area contributed by atoms with Crippen LogP contribution in [0.5, 0.6) is 0 Å². The van der Waals surface area contributed by atoms with Crippen molar-refractivity contribution in [2.24, 2.45) is 0 Å². The van der Waals surface area contributed by atoms with Gasteiger partial charge in [-0.1, -0.05) is 6.07 Å². The number of rotatable bonds is 2. The first-order chi connectivity index (χ1) is 9.69. The normalized spacial score (nSPS) is 10.7. The number of fused-ring (bicyclic) bond motifs is 1. The largest absolute Gasteiger partial charge is 0.465 e. The van der Waals surface area contributed by atoms with Gasteiger partial charge in [0.05, 0.1) is 23.7 Å². The Labute approximate surface area is 114 Å². The number of esters is 1. The fourth-order valence-electron chi connectivity index (χ4n) is 2.09. The molecule has 0 atom stereocenters. The molecule has 0 spiro atoms. The van der Waals surface area contributed by atoms with E-state index in [-0.39, 0.29) is 5.82 Å². The minimum absolute atomic E-state index is 0.318. The van der Waals surface area contributed by atoms with Crippen molar-refractivity contribution in [3.63, 3.8) is 0 Å². The van der Waals surface area contributed by atoms with Crippen LogP contribution in [0.25, 0.3) is 16.7 Å². The zero-order chi connectivity index (χ0) is 14.1. The van der Waals surface area contributed by atoms with Gasteiger partial charge in [-0.15, -0.1) is 0 Å². The summed E-state index contributed by atoms with van der Waals surface area (Å²) in [4.78, 5) is 15.8. The zero-order valence-electron chi connectivity index (χ0n) is 10.7. The molecule has 0 aliphatic heterocycles. The van der Waals surface area contributed by atoms with E-state index in [1.807, 2.05) is 0 Å². The summed E-state index contributed by atoms with van der Waals surface area (Å²) in [6, 6.07) is 9.71. The molecule has 0 N–H and O–H groups in total. The van der Waals surface area contributed by atoms with Crippen molar-refractivity contribution in [2.75, 3.05) is 7.11 Å². The van der Waals surface area contributed by atoms with Gasteiger partial charge >= 0.3 is 5.97 Å². The smallest absolute Gasteiger partial charge is 0.339 e. The number of nitrogens with zero attached hydrogens (tertiary/aromatic N) is 2. The summed E-state index contributed by atoms with van der Waals surface area (Å²) in [6.45, 7) is 0. The molecule has 3 rings (SSSR count). The molecule has 5 heteroatoms. The second-order valence-electron chi connectivity index (χ2n) is 4.29.